The van der Waals surface area contributed by atoms with Gasteiger partial charge in [-0.1, -0.05) is 212 Å². The summed E-state index contributed by atoms with van der Waals surface area (Å²) in [6.45, 7) is 0. The van der Waals surface area contributed by atoms with Crippen LogP contribution in [0, 0.1) is 0 Å². The Kier molecular flexibility index (Phi) is 9.89. The van der Waals surface area contributed by atoms with Crippen LogP contribution in [0.1, 0.15) is 22.3 Å². The van der Waals surface area contributed by atoms with Crippen LogP contribution in [-0.2, 0) is 0 Å². The van der Waals surface area contributed by atoms with Gasteiger partial charge in [-0.05, 0) is 155 Å². The Morgan fingerprint density at radius 2 is 0.792 bits per heavy atom. The summed E-state index contributed by atoms with van der Waals surface area (Å²) in [6, 6.07) is 102. The molecule has 14 rings (SSSR count). The van der Waals surface area contributed by atoms with Crippen LogP contribution >= 0.6 is 0 Å². The number of hydrogen-bond donors (Lipinski definition) is 0. The number of rotatable bonds is 8. The fourth-order valence-corrected chi connectivity index (χ4v) is 11.4. The Hall–Kier alpha value is -9.50. The lowest BCUT2D eigenvalue weighted by Crippen LogP contribution is -2.10. The van der Waals surface area contributed by atoms with Gasteiger partial charge in [-0.15, -0.1) is 0 Å². The largest absolute Gasteiger partial charge is 0.310 e. The van der Waals surface area contributed by atoms with E-state index in [2.05, 4.69) is 289 Å². The van der Waals surface area contributed by atoms with Gasteiger partial charge in [0.15, 0.2) is 0 Å². The second kappa shape index (κ2) is 17.2. The molecule has 0 radical (unpaired) electrons. The summed E-state index contributed by atoms with van der Waals surface area (Å²) in [5, 5.41) is 7.44. The third-order valence-electron chi connectivity index (χ3n) is 14.7. The van der Waals surface area contributed by atoms with Crippen LogP contribution in [0.2, 0.25) is 0 Å². The van der Waals surface area contributed by atoms with E-state index in [4.69, 9.17) is 0 Å². The third kappa shape index (κ3) is 6.95. The first-order valence-corrected chi connectivity index (χ1v) is 24.8. The smallest absolute Gasteiger partial charge is 0.0541 e. The zero-order valence-corrected chi connectivity index (χ0v) is 39.5. The molecule has 0 saturated carbocycles. The minimum Gasteiger partial charge on any atom is -0.310 e. The standard InChI is InChI=1S/C70H46N2/c1-4-16-47(17-5-1)48-30-37-56(38-31-48)72-67-27-15-14-25-63(67)65-45-53(34-43-68(65)72)49-32-35-55(36-33-49)71(57-39-41-60-54(44-57)29-28-50-18-10-11-23-59(50)60)58-40-42-62-61-24-12-13-26-64(61)70(66(62)46-58)69(51-19-6-2-7-20-51)52-21-8-3-9-22-52/h1-46H. The number of hydrogen-bond acceptors (Lipinski definition) is 1. The first-order chi connectivity index (χ1) is 35.7. The number of nitrogens with zero attached hydrogens (tertiary/aromatic N) is 2. The van der Waals surface area contributed by atoms with E-state index in [-0.39, 0.29) is 0 Å². The predicted octanol–water partition coefficient (Wildman–Crippen LogP) is 18.9. The average Bonchev–Trinajstić information content (AvgIpc) is 3.96. The minimum absolute atomic E-state index is 1.09. The van der Waals surface area contributed by atoms with Crippen molar-refractivity contribution in [2.24, 2.45) is 0 Å². The van der Waals surface area contributed by atoms with Gasteiger partial charge < -0.3 is 9.47 Å². The molecule has 2 heteroatoms. The first-order valence-electron chi connectivity index (χ1n) is 24.8. The van der Waals surface area contributed by atoms with Crippen molar-refractivity contribution in [3.8, 4) is 39.1 Å². The molecule has 1 aliphatic carbocycles. The van der Waals surface area contributed by atoms with Crippen molar-refractivity contribution in [1.29, 1.82) is 0 Å². The Labute approximate surface area is 419 Å². The Balaban J connectivity index is 0.908. The van der Waals surface area contributed by atoms with E-state index in [1.165, 1.54) is 110 Å². The molecule has 0 aliphatic heterocycles. The molecule has 0 fully saturated rings. The van der Waals surface area contributed by atoms with Gasteiger partial charge >= 0.3 is 0 Å². The van der Waals surface area contributed by atoms with Crippen LogP contribution in [0.25, 0.3) is 93.6 Å². The van der Waals surface area contributed by atoms with E-state index in [1.807, 2.05) is 0 Å². The number of para-hydroxylation sites is 1. The van der Waals surface area contributed by atoms with Gasteiger partial charge in [-0.3, -0.25) is 0 Å². The van der Waals surface area contributed by atoms with Crippen LogP contribution in [-0.4, -0.2) is 4.57 Å². The van der Waals surface area contributed by atoms with Crippen molar-refractivity contribution in [3.63, 3.8) is 0 Å². The van der Waals surface area contributed by atoms with Crippen LogP contribution in [0.4, 0.5) is 17.1 Å². The zero-order chi connectivity index (χ0) is 47.5. The number of anilines is 3. The number of aromatic nitrogens is 1. The summed E-state index contributed by atoms with van der Waals surface area (Å²) in [6.07, 6.45) is 0. The molecule has 0 saturated heterocycles. The zero-order valence-electron chi connectivity index (χ0n) is 39.5. The Morgan fingerprint density at radius 3 is 1.56 bits per heavy atom. The second-order valence-electron chi connectivity index (χ2n) is 18.8. The molecule has 0 spiro atoms. The third-order valence-corrected chi connectivity index (χ3v) is 14.7. The molecular weight excluding hydrogens is 869 g/mol. The van der Waals surface area contributed by atoms with Gasteiger partial charge in [-0.25, -0.2) is 0 Å². The summed E-state index contributed by atoms with van der Waals surface area (Å²) < 4.78 is 2.40. The van der Waals surface area contributed by atoms with Crippen LogP contribution < -0.4 is 4.90 Å². The van der Waals surface area contributed by atoms with Crippen molar-refractivity contribution in [1.82, 2.24) is 4.57 Å². The van der Waals surface area contributed by atoms with Gasteiger partial charge in [0.2, 0.25) is 0 Å². The SMILES string of the molecule is c1ccc(C(=C2c3ccccc3-c3ccc(N(c4ccc(-c5ccc6c(c5)c5ccccc5n6-c5ccc(-c6ccccc6)cc5)cc4)c4ccc5c(ccc6ccccc65)c4)cc32)c2ccccc2)cc1. The van der Waals surface area contributed by atoms with Crippen molar-refractivity contribution in [2.75, 3.05) is 4.90 Å². The summed E-state index contributed by atoms with van der Waals surface area (Å²) in [5.74, 6) is 0. The monoisotopic (exact) mass is 914 g/mol. The summed E-state index contributed by atoms with van der Waals surface area (Å²) in [4.78, 5) is 2.43. The quantitative estimate of drug-likeness (QED) is 0.138. The molecule has 1 aromatic heterocycles. The highest BCUT2D eigenvalue weighted by Gasteiger charge is 2.29. The van der Waals surface area contributed by atoms with Crippen molar-refractivity contribution < 1.29 is 0 Å². The maximum Gasteiger partial charge on any atom is 0.0541 e. The van der Waals surface area contributed by atoms with E-state index in [0.717, 1.165) is 22.7 Å². The van der Waals surface area contributed by atoms with Crippen molar-refractivity contribution in [3.05, 3.63) is 301 Å². The van der Waals surface area contributed by atoms with Crippen LogP contribution in [0.5, 0.6) is 0 Å². The second-order valence-corrected chi connectivity index (χ2v) is 18.8. The van der Waals surface area contributed by atoms with E-state index < -0.39 is 0 Å². The fourth-order valence-electron chi connectivity index (χ4n) is 11.4. The van der Waals surface area contributed by atoms with Gasteiger partial charge in [0.25, 0.3) is 0 Å². The first kappa shape index (κ1) is 41.5. The van der Waals surface area contributed by atoms with E-state index >= 15 is 0 Å². The summed E-state index contributed by atoms with van der Waals surface area (Å²) in [7, 11) is 0. The lowest BCUT2D eigenvalue weighted by atomic mass is 9.88. The van der Waals surface area contributed by atoms with Crippen LogP contribution in [0.3, 0.4) is 0 Å². The molecule has 72 heavy (non-hydrogen) atoms. The molecule has 13 aromatic rings. The van der Waals surface area contributed by atoms with E-state index in [1.54, 1.807) is 0 Å². The molecule has 0 N–H and O–H groups in total. The summed E-state index contributed by atoms with van der Waals surface area (Å²) in [5.41, 5.74) is 21.4. The molecule has 0 atom stereocenters. The summed E-state index contributed by atoms with van der Waals surface area (Å²) >= 11 is 0. The Morgan fingerprint density at radius 1 is 0.278 bits per heavy atom. The molecule has 1 aliphatic rings. The fraction of sp³-hybridized carbons (Fsp3) is 0. The molecule has 336 valence electrons. The van der Waals surface area contributed by atoms with E-state index in [9.17, 15) is 0 Å². The van der Waals surface area contributed by atoms with Crippen LogP contribution in [0.15, 0.2) is 279 Å². The maximum absolute atomic E-state index is 2.43. The molecule has 2 nitrogen and oxygen atoms in total. The van der Waals surface area contributed by atoms with Crippen molar-refractivity contribution in [2.45, 2.75) is 0 Å². The normalized spacial score (nSPS) is 11.9. The van der Waals surface area contributed by atoms with E-state index in [0.29, 0.717) is 0 Å². The Bertz CT molecular complexity index is 4180. The molecule has 12 aromatic carbocycles. The van der Waals surface area contributed by atoms with Gasteiger partial charge in [0.05, 0.1) is 11.0 Å². The molecule has 1 heterocycles. The topological polar surface area (TPSA) is 8.17 Å². The lowest BCUT2D eigenvalue weighted by molar-refractivity contribution is 1.18. The van der Waals surface area contributed by atoms with Gasteiger partial charge in [0.1, 0.15) is 0 Å². The predicted molar refractivity (Wildman–Crippen MR) is 305 cm³/mol. The highest BCUT2D eigenvalue weighted by atomic mass is 15.1. The van der Waals surface area contributed by atoms with Gasteiger partial charge in [0, 0.05) is 33.5 Å². The number of benzene rings is 12. The molecule has 0 amide bonds. The number of fused-ring (bicyclic) bond motifs is 9. The highest BCUT2D eigenvalue weighted by Crippen LogP contribution is 2.51. The van der Waals surface area contributed by atoms with Gasteiger partial charge in [-0.2, -0.15) is 0 Å². The maximum atomic E-state index is 2.43. The minimum atomic E-state index is 1.09. The highest BCUT2D eigenvalue weighted by molar-refractivity contribution is 6.15. The lowest BCUT2D eigenvalue weighted by Gasteiger charge is -2.27. The average molecular weight is 915 g/mol. The molecule has 0 bridgehead atoms. The molecule has 0 unspecified atom stereocenters. The van der Waals surface area contributed by atoms with Crippen molar-refractivity contribution >= 4 is 71.6 Å². The molecular formula is C70H46N2.